The fourth-order valence-electron chi connectivity index (χ4n) is 1.61. The number of aromatic nitrogens is 2. The molecule has 1 aliphatic rings. The molecular formula is C9H16N4O2. The predicted octanol–water partition coefficient (Wildman–Crippen LogP) is 0.367. The number of ether oxygens (including phenoxy) is 1. The molecule has 1 saturated heterocycles. The number of nitrogens with two attached hydrogens (primary N) is 1. The fourth-order valence-corrected chi connectivity index (χ4v) is 1.61. The topological polar surface area (TPSA) is 86.2 Å². The molecule has 6 nitrogen and oxygen atoms in total. The Kier molecular flexibility index (Phi) is 3.52. The molecule has 3 N–H and O–H groups in total. The van der Waals surface area contributed by atoms with Gasteiger partial charge in [-0.05, 0) is 18.8 Å². The lowest BCUT2D eigenvalue weighted by molar-refractivity contribution is 0.0593. The van der Waals surface area contributed by atoms with E-state index in [0.29, 0.717) is 17.8 Å². The summed E-state index contributed by atoms with van der Waals surface area (Å²) in [5, 5.41) is 10.7. The summed E-state index contributed by atoms with van der Waals surface area (Å²) in [6, 6.07) is 0.445. The second-order valence-electron chi connectivity index (χ2n) is 3.67. The minimum Gasteiger partial charge on any atom is -0.407 e. The highest BCUT2D eigenvalue weighted by atomic mass is 16.5. The third kappa shape index (κ3) is 2.90. The predicted molar refractivity (Wildman–Crippen MR) is 54.2 cm³/mol. The van der Waals surface area contributed by atoms with Crippen LogP contribution in [0.4, 0.5) is 6.01 Å². The maximum atomic E-state index is 5.37. The second kappa shape index (κ2) is 5.09. The summed E-state index contributed by atoms with van der Waals surface area (Å²) in [6.07, 6.45) is 2.31. The van der Waals surface area contributed by atoms with E-state index in [1.54, 1.807) is 0 Å². The van der Waals surface area contributed by atoms with Crippen molar-refractivity contribution < 1.29 is 9.15 Å². The van der Waals surface area contributed by atoms with Gasteiger partial charge in [-0.15, -0.1) is 5.10 Å². The average Bonchev–Trinajstić information content (AvgIpc) is 2.76. The number of hydrogen-bond donors (Lipinski definition) is 2. The van der Waals surface area contributed by atoms with Crippen LogP contribution in [0.2, 0.25) is 0 Å². The van der Waals surface area contributed by atoms with E-state index < -0.39 is 0 Å². The quantitative estimate of drug-likeness (QED) is 0.749. The van der Waals surface area contributed by atoms with Gasteiger partial charge in [-0.2, -0.15) is 0 Å². The molecule has 1 aromatic rings. The minimum atomic E-state index is 0.279. The van der Waals surface area contributed by atoms with Crippen molar-refractivity contribution in [3.63, 3.8) is 0 Å². The third-order valence-electron chi connectivity index (χ3n) is 2.44. The van der Waals surface area contributed by atoms with Gasteiger partial charge in [0.2, 0.25) is 5.89 Å². The summed E-state index contributed by atoms with van der Waals surface area (Å²) in [5.41, 5.74) is 5.36. The van der Waals surface area contributed by atoms with E-state index >= 15 is 0 Å². The lowest BCUT2D eigenvalue weighted by Gasteiger charge is -2.21. The van der Waals surface area contributed by atoms with Crippen LogP contribution in [0, 0.1) is 5.92 Å². The molecule has 0 saturated carbocycles. The summed E-state index contributed by atoms with van der Waals surface area (Å²) in [4.78, 5) is 0. The van der Waals surface area contributed by atoms with Crippen molar-refractivity contribution in [2.45, 2.75) is 19.4 Å². The molecule has 6 heteroatoms. The summed E-state index contributed by atoms with van der Waals surface area (Å²) >= 11 is 0. The number of nitrogens with one attached hydrogen (secondary N) is 1. The largest absolute Gasteiger partial charge is 0.407 e. The zero-order valence-corrected chi connectivity index (χ0v) is 8.61. The number of anilines is 1. The highest BCUT2D eigenvalue weighted by Gasteiger charge is 2.14. The van der Waals surface area contributed by atoms with Gasteiger partial charge < -0.3 is 20.2 Å². The highest BCUT2D eigenvalue weighted by molar-refractivity contribution is 5.16. The lowest BCUT2D eigenvalue weighted by atomic mass is 10.0. The van der Waals surface area contributed by atoms with Gasteiger partial charge in [-0.25, -0.2) is 0 Å². The van der Waals surface area contributed by atoms with E-state index in [2.05, 4.69) is 15.5 Å². The maximum Gasteiger partial charge on any atom is 0.315 e. The van der Waals surface area contributed by atoms with Gasteiger partial charge in [-0.3, -0.25) is 0 Å². The van der Waals surface area contributed by atoms with Crippen molar-refractivity contribution in [1.29, 1.82) is 0 Å². The van der Waals surface area contributed by atoms with Crippen molar-refractivity contribution in [3.8, 4) is 0 Å². The van der Waals surface area contributed by atoms with Gasteiger partial charge >= 0.3 is 6.01 Å². The van der Waals surface area contributed by atoms with E-state index in [-0.39, 0.29) is 6.54 Å². The van der Waals surface area contributed by atoms with E-state index in [9.17, 15) is 0 Å². The Morgan fingerprint density at radius 3 is 3.07 bits per heavy atom. The number of nitrogens with zero attached hydrogens (tertiary/aromatic N) is 2. The molecule has 0 bridgehead atoms. The van der Waals surface area contributed by atoms with Crippen LogP contribution >= 0.6 is 0 Å². The van der Waals surface area contributed by atoms with Crippen molar-refractivity contribution >= 4 is 6.01 Å². The zero-order chi connectivity index (χ0) is 10.5. The third-order valence-corrected chi connectivity index (χ3v) is 2.44. The molecule has 2 heterocycles. The van der Waals surface area contributed by atoms with Crippen LogP contribution in [-0.2, 0) is 11.3 Å². The number of rotatable bonds is 4. The summed E-state index contributed by atoms with van der Waals surface area (Å²) < 4.78 is 10.6. The maximum absolute atomic E-state index is 5.37. The lowest BCUT2D eigenvalue weighted by Crippen LogP contribution is -2.24. The zero-order valence-electron chi connectivity index (χ0n) is 8.61. The first-order valence-corrected chi connectivity index (χ1v) is 5.22. The molecule has 1 aliphatic heterocycles. The summed E-state index contributed by atoms with van der Waals surface area (Å²) in [7, 11) is 0. The molecule has 0 aliphatic carbocycles. The molecule has 2 rings (SSSR count). The fraction of sp³-hybridized carbons (Fsp3) is 0.778. The normalized spacial score (nSPS) is 21.5. The highest BCUT2D eigenvalue weighted by Crippen LogP contribution is 2.14. The van der Waals surface area contributed by atoms with Crippen LogP contribution in [0.25, 0.3) is 0 Å². The van der Waals surface area contributed by atoms with Gasteiger partial charge in [0, 0.05) is 13.2 Å². The number of hydrogen-bond acceptors (Lipinski definition) is 6. The Balaban J connectivity index is 1.76. The van der Waals surface area contributed by atoms with E-state index in [1.165, 1.54) is 6.42 Å². The van der Waals surface area contributed by atoms with Gasteiger partial charge in [-0.1, -0.05) is 5.10 Å². The molecule has 0 radical (unpaired) electrons. The van der Waals surface area contributed by atoms with Crippen LogP contribution < -0.4 is 11.1 Å². The Bertz CT molecular complexity index is 296. The van der Waals surface area contributed by atoms with E-state index in [4.69, 9.17) is 14.9 Å². The van der Waals surface area contributed by atoms with Crippen LogP contribution in [0.1, 0.15) is 18.7 Å². The summed E-state index contributed by atoms with van der Waals surface area (Å²) in [5.74, 6) is 0.990. The van der Waals surface area contributed by atoms with Gasteiger partial charge in [0.05, 0.1) is 13.2 Å². The Morgan fingerprint density at radius 1 is 1.47 bits per heavy atom. The SMILES string of the molecule is NCc1nnc(NCC2CCCOC2)o1. The average molecular weight is 212 g/mol. The smallest absolute Gasteiger partial charge is 0.315 e. The van der Waals surface area contributed by atoms with Crippen molar-refractivity contribution in [2.24, 2.45) is 11.7 Å². The molecule has 1 atom stereocenters. The molecule has 15 heavy (non-hydrogen) atoms. The molecule has 0 amide bonds. The minimum absolute atomic E-state index is 0.279. The van der Waals surface area contributed by atoms with Gasteiger partial charge in [0.1, 0.15) is 0 Å². The van der Waals surface area contributed by atoms with Crippen LogP contribution in [-0.4, -0.2) is 30.0 Å². The van der Waals surface area contributed by atoms with Crippen molar-refractivity contribution in [1.82, 2.24) is 10.2 Å². The second-order valence-corrected chi connectivity index (χ2v) is 3.67. The van der Waals surface area contributed by atoms with Crippen molar-refractivity contribution in [3.05, 3.63) is 5.89 Å². The van der Waals surface area contributed by atoms with Gasteiger partial charge in [0.25, 0.3) is 0 Å². The summed E-state index contributed by atoms with van der Waals surface area (Å²) in [6.45, 7) is 2.78. The molecule has 1 aromatic heterocycles. The molecule has 0 aromatic carbocycles. The first-order valence-electron chi connectivity index (χ1n) is 5.22. The van der Waals surface area contributed by atoms with E-state index in [1.807, 2.05) is 0 Å². The Hall–Kier alpha value is -1.14. The standard InChI is InChI=1S/C9H16N4O2/c10-4-8-12-13-9(15-8)11-5-7-2-1-3-14-6-7/h7H,1-6,10H2,(H,11,13). The molecule has 1 unspecified atom stereocenters. The van der Waals surface area contributed by atoms with Gasteiger partial charge in [0.15, 0.2) is 0 Å². The van der Waals surface area contributed by atoms with Crippen molar-refractivity contribution in [2.75, 3.05) is 25.1 Å². The first-order chi connectivity index (χ1) is 7.38. The Labute approximate surface area is 88.2 Å². The molecule has 1 fully saturated rings. The molecule has 84 valence electrons. The van der Waals surface area contributed by atoms with Crippen LogP contribution in [0.3, 0.4) is 0 Å². The van der Waals surface area contributed by atoms with E-state index in [0.717, 1.165) is 26.2 Å². The van der Waals surface area contributed by atoms with Crippen LogP contribution in [0.15, 0.2) is 4.42 Å². The monoisotopic (exact) mass is 212 g/mol. The molecular weight excluding hydrogens is 196 g/mol. The Morgan fingerprint density at radius 2 is 2.40 bits per heavy atom. The first kappa shape index (κ1) is 10.4. The molecule has 0 spiro atoms. The van der Waals surface area contributed by atoms with Crippen LogP contribution in [0.5, 0.6) is 0 Å².